The Morgan fingerprint density at radius 1 is 1.12 bits per heavy atom. The van der Waals surface area contributed by atoms with E-state index < -0.39 is 0 Å². The van der Waals surface area contributed by atoms with Crippen molar-refractivity contribution >= 4 is 28.3 Å². The van der Waals surface area contributed by atoms with Crippen LogP contribution in [0, 0.1) is 0 Å². The quantitative estimate of drug-likeness (QED) is 0.750. The molecule has 0 N–H and O–H groups in total. The predicted octanol–water partition coefficient (Wildman–Crippen LogP) is 4.06. The van der Waals surface area contributed by atoms with E-state index in [9.17, 15) is 4.79 Å². The SMILES string of the molecule is CC(C)OC(=O)c1ccc2cc(Cl)ccc2c1. The first-order chi connectivity index (χ1) is 8.06. The summed E-state index contributed by atoms with van der Waals surface area (Å²) in [6, 6.07) is 11.0. The first-order valence-corrected chi connectivity index (χ1v) is 5.84. The highest BCUT2D eigenvalue weighted by atomic mass is 35.5. The Morgan fingerprint density at radius 3 is 2.47 bits per heavy atom. The predicted molar refractivity (Wildman–Crippen MR) is 69.5 cm³/mol. The number of rotatable bonds is 2. The van der Waals surface area contributed by atoms with Crippen molar-refractivity contribution in [1.82, 2.24) is 0 Å². The highest BCUT2D eigenvalue weighted by Crippen LogP contribution is 2.21. The molecular weight excluding hydrogens is 236 g/mol. The van der Waals surface area contributed by atoms with Gasteiger partial charge in [-0.05, 0) is 48.9 Å². The van der Waals surface area contributed by atoms with E-state index in [-0.39, 0.29) is 12.1 Å². The second kappa shape index (κ2) is 4.76. The normalized spacial score (nSPS) is 10.8. The largest absolute Gasteiger partial charge is 0.459 e. The van der Waals surface area contributed by atoms with Crippen LogP contribution in [0.1, 0.15) is 24.2 Å². The number of carbonyl (C=O) groups excluding carboxylic acids is 1. The summed E-state index contributed by atoms with van der Waals surface area (Å²) < 4.78 is 5.14. The van der Waals surface area contributed by atoms with E-state index in [0.717, 1.165) is 10.8 Å². The van der Waals surface area contributed by atoms with Gasteiger partial charge in [0.25, 0.3) is 0 Å². The van der Waals surface area contributed by atoms with E-state index in [2.05, 4.69) is 0 Å². The van der Waals surface area contributed by atoms with Crippen LogP contribution in [-0.4, -0.2) is 12.1 Å². The second-order valence-corrected chi connectivity index (χ2v) is 4.60. The van der Waals surface area contributed by atoms with Gasteiger partial charge in [-0.3, -0.25) is 0 Å². The first-order valence-electron chi connectivity index (χ1n) is 5.46. The molecule has 17 heavy (non-hydrogen) atoms. The Hall–Kier alpha value is -1.54. The van der Waals surface area contributed by atoms with E-state index in [1.54, 1.807) is 12.1 Å². The van der Waals surface area contributed by atoms with Crippen LogP contribution in [0.3, 0.4) is 0 Å². The van der Waals surface area contributed by atoms with Crippen LogP contribution in [0.25, 0.3) is 10.8 Å². The zero-order valence-corrected chi connectivity index (χ0v) is 10.5. The van der Waals surface area contributed by atoms with E-state index in [1.807, 2.05) is 38.1 Å². The van der Waals surface area contributed by atoms with E-state index in [1.165, 1.54) is 0 Å². The van der Waals surface area contributed by atoms with Crippen LogP contribution in [0.2, 0.25) is 5.02 Å². The molecule has 2 aromatic carbocycles. The molecule has 0 bridgehead atoms. The monoisotopic (exact) mass is 248 g/mol. The third-order valence-electron chi connectivity index (χ3n) is 2.38. The molecule has 2 rings (SSSR count). The molecule has 0 aliphatic heterocycles. The molecule has 0 radical (unpaired) electrons. The van der Waals surface area contributed by atoms with Gasteiger partial charge in [-0.15, -0.1) is 0 Å². The first kappa shape index (κ1) is 11.9. The van der Waals surface area contributed by atoms with Crippen molar-refractivity contribution in [3.05, 3.63) is 47.0 Å². The Balaban J connectivity index is 2.38. The average molecular weight is 249 g/mol. The van der Waals surface area contributed by atoms with Crippen LogP contribution in [0.5, 0.6) is 0 Å². The molecule has 2 nitrogen and oxygen atoms in total. The van der Waals surface area contributed by atoms with Gasteiger partial charge in [0.1, 0.15) is 0 Å². The lowest BCUT2D eigenvalue weighted by Crippen LogP contribution is -2.11. The van der Waals surface area contributed by atoms with Crippen molar-refractivity contribution in [2.24, 2.45) is 0 Å². The summed E-state index contributed by atoms with van der Waals surface area (Å²) in [6.45, 7) is 3.66. The van der Waals surface area contributed by atoms with Crippen LogP contribution in [0.4, 0.5) is 0 Å². The molecular formula is C14H13ClO2. The number of halogens is 1. The zero-order chi connectivity index (χ0) is 12.4. The molecule has 0 aromatic heterocycles. The average Bonchev–Trinajstić information content (AvgIpc) is 2.27. The van der Waals surface area contributed by atoms with Crippen molar-refractivity contribution < 1.29 is 9.53 Å². The standard InChI is InChI=1S/C14H13ClO2/c1-9(2)17-14(16)12-4-3-11-8-13(15)6-5-10(11)7-12/h3-9H,1-2H3. The van der Waals surface area contributed by atoms with Gasteiger partial charge in [-0.1, -0.05) is 23.7 Å². The van der Waals surface area contributed by atoms with Gasteiger partial charge in [-0.2, -0.15) is 0 Å². The summed E-state index contributed by atoms with van der Waals surface area (Å²) in [5.41, 5.74) is 0.563. The molecule has 0 unspecified atom stereocenters. The summed E-state index contributed by atoms with van der Waals surface area (Å²) in [6.07, 6.45) is -0.108. The van der Waals surface area contributed by atoms with Crippen LogP contribution in [0.15, 0.2) is 36.4 Å². The van der Waals surface area contributed by atoms with Gasteiger partial charge in [-0.25, -0.2) is 4.79 Å². The molecule has 2 aromatic rings. The van der Waals surface area contributed by atoms with Gasteiger partial charge in [0.15, 0.2) is 0 Å². The Bertz CT molecular complexity index is 561. The minimum Gasteiger partial charge on any atom is -0.459 e. The number of carbonyl (C=O) groups is 1. The van der Waals surface area contributed by atoms with Crippen molar-refractivity contribution in [3.63, 3.8) is 0 Å². The van der Waals surface area contributed by atoms with Crippen LogP contribution in [-0.2, 0) is 4.74 Å². The molecule has 0 atom stereocenters. The van der Waals surface area contributed by atoms with E-state index >= 15 is 0 Å². The molecule has 0 heterocycles. The van der Waals surface area contributed by atoms with Crippen molar-refractivity contribution in [2.75, 3.05) is 0 Å². The molecule has 0 fully saturated rings. The summed E-state index contributed by atoms with van der Waals surface area (Å²) in [5.74, 6) is -0.295. The zero-order valence-electron chi connectivity index (χ0n) is 9.74. The van der Waals surface area contributed by atoms with Gasteiger partial charge in [0, 0.05) is 5.02 Å². The maximum atomic E-state index is 11.7. The third-order valence-corrected chi connectivity index (χ3v) is 2.62. The van der Waals surface area contributed by atoms with E-state index in [4.69, 9.17) is 16.3 Å². The summed E-state index contributed by atoms with van der Waals surface area (Å²) in [4.78, 5) is 11.7. The van der Waals surface area contributed by atoms with Crippen molar-refractivity contribution in [1.29, 1.82) is 0 Å². The molecule has 0 aliphatic rings. The summed E-state index contributed by atoms with van der Waals surface area (Å²) in [7, 11) is 0. The van der Waals surface area contributed by atoms with Gasteiger partial charge < -0.3 is 4.74 Å². The number of fused-ring (bicyclic) bond motifs is 1. The van der Waals surface area contributed by atoms with Crippen LogP contribution >= 0.6 is 11.6 Å². The summed E-state index contributed by atoms with van der Waals surface area (Å²) >= 11 is 5.90. The molecule has 88 valence electrons. The molecule has 0 aliphatic carbocycles. The van der Waals surface area contributed by atoms with Crippen LogP contribution < -0.4 is 0 Å². The lowest BCUT2D eigenvalue weighted by atomic mass is 10.1. The number of benzene rings is 2. The third kappa shape index (κ3) is 2.77. The molecule has 3 heteroatoms. The maximum absolute atomic E-state index is 11.7. The Kier molecular flexibility index (Phi) is 3.34. The lowest BCUT2D eigenvalue weighted by Gasteiger charge is -2.08. The number of hydrogen-bond acceptors (Lipinski definition) is 2. The molecule has 0 amide bonds. The number of esters is 1. The van der Waals surface area contributed by atoms with Gasteiger partial charge in [0.05, 0.1) is 11.7 Å². The minimum atomic E-state index is -0.295. The second-order valence-electron chi connectivity index (χ2n) is 4.16. The molecule has 0 saturated carbocycles. The fourth-order valence-electron chi connectivity index (χ4n) is 1.63. The highest BCUT2D eigenvalue weighted by molar-refractivity contribution is 6.31. The lowest BCUT2D eigenvalue weighted by molar-refractivity contribution is 0.0378. The highest BCUT2D eigenvalue weighted by Gasteiger charge is 2.09. The topological polar surface area (TPSA) is 26.3 Å². The smallest absolute Gasteiger partial charge is 0.338 e. The number of ether oxygens (including phenoxy) is 1. The fraction of sp³-hybridized carbons (Fsp3) is 0.214. The molecule has 0 spiro atoms. The molecule has 0 saturated heterocycles. The Labute approximate surface area is 105 Å². The maximum Gasteiger partial charge on any atom is 0.338 e. The minimum absolute atomic E-state index is 0.108. The van der Waals surface area contributed by atoms with Gasteiger partial charge in [0.2, 0.25) is 0 Å². The number of hydrogen-bond donors (Lipinski definition) is 0. The Morgan fingerprint density at radius 2 is 1.76 bits per heavy atom. The van der Waals surface area contributed by atoms with Crippen molar-refractivity contribution in [3.8, 4) is 0 Å². The fourth-order valence-corrected chi connectivity index (χ4v) is 1.81. The van der Waals surface area contributed by atoms with Gasteiger partial charge >= 0.3 is 5.97 Å². The van der Waals surface area contributed by atoms with Crippen molar-refractivity contribution in [2.45, 2.75) is 20.0 Å². The summed E-state index contributed by atoms with van der Waals surface area (Å²) in [5, 5.41) is 2.68. The van der Waals surface area contributed by atoms with E-state index in [0.29, 0.717) is 10.6 Å².